The second-order valence-corrected chi connectivity index (χ2v) is 8.05. The Labute approximate surface area is 175 Å². The van der Waals surface area contributed by atoms with Crippen molar-refractivity contribution in [2.45, 2.75) is 25.6 Å². The van der Waals surface area contributed by atoms with E-state index in [0.29, 0.717) is 23.6 Å². The van der Waals surface area contributed by atoms with Gasteiger partial charge in [0.15, 0.2) is 0 Å². The van der Waals surface area contributed by atoms with Gasteiger partial charge in [0.1, 0.15) is 11.9 Å². The molecular weight excluding hydrogens is 389 g/mol. The highest BCUT2D eigenvalue weighted by molar-refractivity contribution is 7.98. The van der Waals surface area contributed by atoms with Crippen molar-refractivity contribution in [1.29, 1.82) is 0 Å². The molecule has 0 saturated carbocycles. The number of nitrogens with one attached hydrogen (secondary N) is 3. The summed E-state index contributed by atoms with van der Waals surface area (Å²) in [5.74, 6) is 0.514. The molecule has 156 valence electrons. The minimum Gasteiger partial charge on any atom is -0.376 e. The van der Waals surface area contributed by atoms with Crippen LogP contribution in [-0.4, -0.2) is 36.7 Å². The van der Waals surface area contributed by atoms with E-state index in [-0.39, 0.29) is 30.1 Å². The van der Waals surface area contributed by atoms with Gasteiger partial charge in [0, 0.05) is 23.7 Å². The van der Waals surface area contributed by atoms with Crippen molar-refractivity contribution in [2.24, 2.45) is 5.92 Å². The molecule has 0 aliphatic carbocycles. The Balaban J connectivity index is 1.71. The van der Waals surface area contributed by atoms with Gasteiger partial charge in [0.25, 0.3) is 0 Å². The van der Waals surface area contributed by atoms with Crippen molar-refractivity contribution in [3.8, 4) is 0 Å². The van der Waals surface area contributed by atoms with Gasteiger partial charge in [-0.1, -0.05) is 50.2 Å². The number of benzene rings is 2. The van der Waals surface area contributed by atoms with Gasteiger partial charge in [-0.2, -0.15) is 11.8 Å². The van der Waals surface area contributed by atoms with Crippen LogP contribution in [0.2, 0.25) is 0 Å². The zero-order valence-corrected chi connectivity index (χ0v) is 17.6. The summed E-state index contributed by atoms with van der Waals surface area (Å²) in [5, 5.41) is 8.68. The predicted molar refractivity (Wildman–Crippen MR) is 117 cm³/mol. The molecule has 0 fully saturated rings. The van der Waals surface area contributed by atoms with E-state index in [2.05, 4.69) is 16.0 Å². The molecule has 0 aromatic heterocycles. The lowest BCUT2D eigenvalue weighted by molar-refractivity contribution is -0.129. The number of carbonyl (C=O) groups is 2. The first-order valence-corrected chi connectivity index (χ1v) is 10.8. The number of amides is 2. The lowest BCUT2D eigenvalue weighted by atomic mass is 10.0. The van der Waals surface area contributed by atoms with Crippen LogP contribution in [0.4, 0.5) is 10.1 Å². The summed E-state index contributed by atoms with van der Waals surface area (Å²) in [6, 6.07) is 15.5. The Bertz CT molecular complexity index is 787. The summed E-state index contributed by atoms with van der Waals surface area (Å²) >= 11 is 1.55. The van der Waals surface area contributed by atoms with Gasteiger partial charge < -0.3 is 16.0 Å². The van der Waals surface area contributed by atoms with Crippen molar-refractivity contribution in [1.82, 2.24) is 10.6 Å². The Morgan fingerprint density at radius 2 is 1.72 bits per heavy atom. The maximum Gasteiger partial charge on any atom is 0.242 e. The molecule has 0 saturated heterocycles. The topological polar surface area (TPSA) is 70.2 Å². The standard InChI is InChI=1S/C22H28FN3O2S/c1-16(2)21(26-20(27)14-25-18-9-4-3-5-10-18)22(28)24-12-13-29-15-17-8-6-7-11-19(17)23/h3-11,16,21,25H,12-15H2,1-2H3,(H,24,28)(H,26,27). The summed E-state index contributed by atoms with van der Waals surface area (Å²) in [7, 11) is 0. The van der Waals surface area contributed by atoms with Gasteiger partial charge in [-0.3, -0.25) is 9.59 Å². The fraction of sp³-hybridized carbons (Fsp3) is 0.364. The molecule has 0 heterocycles. The van der Waals surface area contributed by atoms with E-state index in [1.807, 2.05) is 50.2 Å². The molecule has 0 aliphatic heterocycles. The number of hydrogen-bond donors (Lipinski definition) is 3. The van der Waals surface area contributed by atoms with Crippen molar-refractivity contribution in [2.75, 3.05) is 24.2 Å². The van der Waals surface area contributed by atoms with E-state index >= 15 is 0 Å². The molecule has 29 heavy (non-hydrogen) atoms. The summed E-state index contributed by atoms with van der Waals surface area (Å²) in [6.45, 7) is 4.34. The van der Waals surface area contributed by atoms with Gasteiger partial charge in [0.05, 0.1) is 6.54 Å². The Morgan fingerprint density at radius 3 is 2.41 bits per heavy atom. The van der Waals surface area contributed by atoms with Crippen LogP contribution in [0, 0.1) is 11.7 Å². The third kappa shape index (κ3) is 8.15. The van der Waals surface area contributed by atoms with Gasteiger partial charge in [-0.05, 0) is 29.7 Å². The van der Waals surface area contributed by atoms with Crippen LogP contribution in [0.25, 0.3) is 0 Å². The van der Waals surface area contributed by atoms with Crippen molar-refractivity contribution in [3.05, 3.63) is 66.0 Å². The third-order valence-corrected chi connectivity index (χ3v) is 5.26. The summed E-state index contributed by atoms with van der Waals surface area (Å²) in [6.07, 6.45) is 0. The molecule has 2 aromatic rings. The van der Waals surface area contributed by atoms with Crippen molar-refractivity contribution in [3.63, 3.8) is 0 Å². The summed E-state index contributed by atoms with van der Waals surface area (Å²) in [4.78, 5) is 24.7. The van der Waals surface area contributed by atoms with Crippen LogP contribution in [0.15, 0.2) is 54.6 Å². The van der Waals surface area contributed by atoms with E-state index in [0.717, 1.165) is 5.69 Å². The zero-order valence-electron chi connectivity index (χ0n) is 16.8. The van der Waals surface area contributed by atoms with Crippen LogP contribution in [-0.2, 0) is 15.3 Å². The maximum absolute atomic E-state index is 13.6. The number of anilines is 1. The Hall–Kier alpha value is -2.54. The zero-order chi connectivity index (χ0) is 21.1. The first kappa shape index (κ1) is 22.7. The van der Waals surface area contributed by atoms with E-state index in [1.54, 1.807) is 23.9 Å². The number of halogens is 1. The molecule has 1 unspecified atom stereocenters. The molecule has 3 N–H and O–H groups in total. The van der Waals surface area contributed by atoms with Crippen molar-refractivity contribution >= 4 is 29.3 Å². The number of hydrogen-bond acceptors (Lipinski definition) is 4. The van der Waals surface area contributed by atoms with Gasteiger partial charge >= 0.3 is 0 Å². The SMILES string of the molecule is CC(C)C(NC(=O)CNc1ccccc1)C(=O)NCCSCc1ccccc1F. The predicted octanol–water partition coefficient (Wildman–Crippen LogP) is 3.43. The van der Waals surface area contributed by atoms with Crippen molar-refractivity contribution < 1.29 is 14.0 Å². The van der Waals surface area contributed by atoms with Gasteiger partial charge in [-0.25, -0.2) is 4.39 Å². The minimum atomic E-state index is -0.600. The highest BCUT2D eigenvalue weighted by Gasteiger charge is 2.23. The minimum absolute atomic E-state index is 0.0401. The number of thioether (sulfide) groups is 1. The molecule has 0 spiro atoms. The fourth-order valence-electron chi connectivity index (χ4n) is 2.65. The van der Waals surface area contributed by atoms with E-state index < -0.39 is 6.04 Å². The molecule has 0 aliphatic rings. The van der Waals surface area contributed by atoms with Crippen LogP contribution in [0.1, 0.15) is 19.4 Å². The third-order valence-electron chi connectivity index (χ3n) is 4.25. The lowest BCUT2D eigenvalue weighted by Crippen LogP contribution is -2.51. The highest BCUT2D eigenvalue weighted by atomic mass is 32.2. The van der Waals surface area contributed by atoms with Crippen LogP contribution in [0.5, 0.6) is 0 Å². The largest absolute Gasteiger partial charge is 0.376 e. The maximum atomic E-state index is 13.6. The van der Waals surface area contributed by atoms with Gasteiger partial charge in [0.2, 0.25) is 11.8 Å². The van der Waals surface area contributed by atoms with Crippen LogP contribution >= 0.6 is 11.8 Å². The van der Waals surface area contributed by atoms with Crippen LogP contribution < -0.4 is 16.0 Å². The van der Waals surface area contributed by atoms with E-state index in [1.165, 1.54) is 6.07 Å². The average molecular weight is 418 g/mol. The smallest absolute Gasteiger partial charge is 0.242 e. The first-order valence-electron chi connectivity index (χ1n) is 9.64. The van der Waals surface area contributed by atoms with Crippen LogP contribution in [0.3, 0.4) is 0 Å². The highest BCUT2D eigenvalue weighted by Crippen LogP contribution is 2.14. The Morgan fingerprint density at radius 1 is 1.03 bits per heavy atom. The quantitative estimate of drug-likeness (QED) is 0.490. The molecule has 5 nitrogen and oxygen atoms in total. The molecule has 0 bridgehead atoms. The second kappa shape index (κ2) is 12.1. The number of carbonyl (C=O) groups excluding carboxylic acids is 2. The van der Waals surface area contributed by atoms with E-state index in [4.69, 9.17) is 0 Å². The number of rotatable bonds is 11. The molecule has 2 aromatic carbocycles. The molecule has 1 atom stereocenters. The second-order valence-electron chi connectivity index (χ2n) is 6.94. The molecule has 7 heteroatoms. The van der Waals surface area contributed by atoms with Gasteiger partial charge in [-0.15, -0.1) is 0 Å². The van der Waals surface area contributed by atoms with E-state index in [9.17, 15) is 14.0 Å². The molecule has 0 radical (unpaired) electrons. The number of para-hydroxylation sites is 1. The summed E-state index contributed by atoms with van der Waals surface area (Å²) < 4.78 is 13.6. The lowest BCUT2D eigenvalue weighted by Gasteiger charge is -2.22. The Kier molecular flexibility index (Phi) is 9.50. The molecule has 2 amide bonds. The first-order chi connectivity index (χ1) is 14.0. The monoisotopic (exact) mass is 417 g/mol. The normalized spacial score (nSPS) is 11.7. The summed E-state index contributed by atoms with van der Waals surface area (Å²) in [5.41, 5.74) is 1.50. The fourth-order valence-corrected chi connectivity index (χ4v) is 3.50. The molecular formula is C22H28FN3O2S. The molecule has 2 rings (SSSR count). The average Bonchev–Trinajstić information content (AvgIpc) is 2.72.